The number of carbonyl (C=O) groups excluding carboxylic acids is 1. The van der Waals surface area contributed by atoms with Gasteiger partial charge in [-0.15, -0.1) is 0 Å². The molecule has 1 atom stereocenters. The lowest BCUT2D eigenvalue weighted by atomic mass is 9.96. The lowest BCUT2D eigenvalue weighted by Crippen LogP contribution is -2.39. The van der Waals surface area contributed by atoms with E-state index in [9.17, 15) is 14.0 Å². The van der Waals surface area contributed by atoms with Crippen LogP contribution in [-0.4, -0.2) is 27.3 Å². The molecular weight excluding hydrogens is 467 g/mol. The molecule has 0 saturated carbocycles. The smallest absolute Gasteiger partial charge is 0.338 e. The summed E-state index contributed by atoms with van der Waals surface area (Å²) in [5.74, 6) is -0.966. The molecule has 7 nitrogen and oxygen atoms in total. The van der Waals surface area contributed by atoms with E-state index < -0.39 is 17.8 Å². The monoisotopic (exact) mass is 488 g/mol. The summed E-state index contributed by atoms with van der Waals surface area (Å²) in [4.78, 5) is 31.6. The second kappa shape index (κ2) is 9.27. The molecule has 0 radical (unpaired) electrons. The van der Waals surface area contributed by atoms with Crippen LogP contribution < -0.4 is 14.9 Å². The Morgan fingerprint density at radius 1 is 1.20 bits per heavy atom. The van der Waals surface area contributed by atoms with Gasteiger partial charge in [0, 0.05) is 11.1 Å². The first-order valence-electron chi connectivity index (χ1n) is 11.0. The number of carbonyl (C=O) groups is 1. The molecule has 4 aromatic rings. The number of H-pyrrole nitrogens is 1. The van der Waals surface area contributed by atoms with Gasteiger partial charge >= 0.3 is 5.97 Å². The molecule has 0 saturated heterocycles. The fourth-order valence-electron chi connectivity index (χ4n) is 4.13. The molecule has 0 amide bonds. The average Bonchev–Trinajstić information content (AvgIpc) is 3.44. The SMILES string of the molecule is CCOC(=O)C1=C(C)N=c2s/c(=C\c3cn[nH]c3-c3ccccc3)c(=O)n2C1c1ccc(F)cc1. The number of ether oxygens (including phenoxy) is 1. The van der Waals surface area contributed by atoms with E-state index in [2.05, 4.69) is 15.2 Å². The van der Waals surface area contributed by atoms with Crippen LogP contribution in [-0.2, 0) is 9.53 Å². The molecule has 5 rings (SSSR count). The molecule has 0 spiro atoms. The fourth-order valence-corrected chi connectivity index (χ4v) is 5.17. The van der Waals surface area contributed by atoms with Crippen LogP contribution in [0.1, 0.15) is 31.0 Å². The third-order valence-corrected chi connectivity index (χ3v) is 6.70. The predicted octanol–water partition coefficient (Wildman–Crippen LogP) is 3.33. The molecule has 2 aromatic heterocycles. The van der Waals surface area contributed by atoms with Gasteiger partial charge in [-0.25, -0.2) is 14.2 Å². The van der Waals surface area contributed by atoms with Crippen LogP contribution >= 0.6 is 11.3 Å². The summed E-state index contributed by atoms with van der Waals surface area (Å²) in [7, 11) is 0. The van der Waals surface area contributed by atoms with E-state index in [0.717, 1.165) is 16.8 Å². The molecule has 1 unspecified atom stereocenters. The van der Waals surface area contributed by atoms with Gasteiger partial charge < -0.3 is 4.74 Å². The Kier molecular flexibility index (Phi) is 6.00. The van der Waals surface area contributed by atoms with Gasteiger partial charge in [0.15, 0.2) is 4.80 Å². The number of allylic oxidation sites excluding steroid dienone is 1. The normalized spacial score (nSPS) is 15.6. The molecule has 9 heteroatoms. The van der Waals surface area contributed by atoms with Crippen molar-refractivity contribution in [3.63, 3.8) is 0 Å². The number of fused-ring (bicyclic) bond motifs is 1. The van der Waals surface area contributed by atoms with Gasteiger partial charge in [-0.2, -0.15) is 5.10 Å². The quantitative estimate of drug-likeness (QED) is 0.437. The van der Waals surface area contributed by atoms with Crippen LogP contribution in [0.3, 0.4) is 0 Å². The van der Waals surface area contributed by atoms with Gasteiger partial charge in [-0.05, 0) is 37.6 Å². The highest BCUT2D eigenvalue weighted by Crippen LogP contribution is 2.30. The zero-order valence-corrected chi connectivity index (χ0v) is 19.8. The van der Waals surface area contributed by atoms with Crippen LogP contribution in [0.15, 0.2) is 81.9 Å². The highest BCUT2D eigenvalue weighted by atomic mass is 32.1. The van der Waals surface area contributed by atoms with Crippen LogP contribution in [0, 0.1) is 5.82 Å². The maximum absolute atomic E-state index is 13.7. The molecule has 2 aromatic carbocycles. The van der Waals surface area contributed by atoms with Crippen molar-refractivity contribution >= 4 is 23.4 Å². The number of halogens is 1. The number of hydrogen-bond donors (Lipinski definition) is 1. The van der Waals surface area contributed by atoms with Crippen LogP contribution in [0.2, 0.25) is 0 Å². The number of benzene rings is 2. The lowest BCUT2D eigenvalue weighted by Gasteiger charge is -2.24. The molecule has 0 bridgehead atoms. The summed E-state index contributed by atoms with van der Waals surface area (Å²) in [6.45, 7) is 3.60. The van der Waals surface area contributed by atoms with E-state index in [-0.39, 0.29) is 17.7 Å². The number of nitrogens with zero attached hydrogens (tertiary/aromatic N) is 3. The molecule has 1 aliphatic heterocycles. The molecule has 1 aliphatic rings. The number of hydrogen-bond acceptors (Lipinski definition) is 6. The van der Waals surface area contributed by atoms with Crippen molar-refractivity contribution in [1.29, 1.82) is 0 Å². The Balaban J connectivity index is 1.70. The van der Waals surface area contributed by atoms with Crippen molar-refractivity contribution in [2.45, 2.75) is 19.9 Å². The average molecular weight is 489 g/mol. The largest absolute Gasteiger partial charge is 0.463 e. The molecular formula is C26H21FN4O3S. The minimum absolute atomic E-state index is 0.179. The number of thiazole rings is 1. The van der Waals surface area contributed by atoms with E-state index in [0.29, 0.717) is 20.6 Å². The Morgan fingerprint density at radius 2 is 1.94 bits per heavy atom. The maximum Gasteiger partial charge on any atom is 0.338 e. The summed E-state index contributed by atoms with van der Waals surface area (Å²) in [6.07, 6.45) is 3.42. The van der Waals surface area contributed by atoms with Gasteiger partial charge in [-0.1, -0.05) is 53.8 Å². The molecule has 0 fully saturated rings. The summed E-state index contributed by atoms with van der Waals surface area (Å²) < 4.78 is 20.9. The second-order valence-electron chi connectivity index (χ2n) is 7.92. The van der Waals surface area contributed by atoms with Gasteiger partial charge in [0.25, 0.3) is 5.56 Å². The summed E-state index contributed by atoms with van der Waals surface area (Å²) in [5.41, 5.74) is 3.47. The number of esters is 1. The van der Waals surface area contributed by atoms with E-state index in [1.54, 1.807) is 38.3 Å². The minimum Gasteiger partial charge on any atom is -0.463 e. The highest BCUT2D eigenvalue weighted by molar-refractivity contribution is 7.07. The Bertz CT molecular complexity index is 1620. The van der Waals surface area contributed by atoms with Gasteiger partial charge in [0.05, 0.1) is 40.3 Å². The first-order chi connectivity index (χ1) is 17.0. The van der Waals surface area contributed by atoms with Crippen molar-refractivity contribution in [2.24, 2.45) is 4.99 Å². The molecule has 0 aliphatic carbocycles. The standard InChI is InChI=1S/C26H21FN4O3S/c1-3-34-25(33)21-15(2)29-26-31(23(21)17-9-11-19(27)12-10-17)24(32)20(35-26)13-18-14-28-30-22(18)16-7-5-4-6-8-16/h4-14,23H,3H2,1-2H3,(H,28,30)/b20-13-. The highest BCUT2D eigenvalue weighted by Gasteiger charge is 2.33. The first kappa shape index (κ1) is 22.7. The summed E-state index contributed by atoms with van der Waals surface area (Å²) in [5, 5.41) is 7.15. The first-order valence-corrected chi connectivity index (χ1v) is 11.8. The zero-order valence-electron chi connectivity index (χ0n) is 19.0. The number of aromatic nitrogens is 3. The van der Waals surface area contributed by atoms with Crippen LogP contribution in [0.4, 0.5) is 4.39 Å². The van der Waals surface area contributed by atoms with E-state index in [4.69, 9.17) is 4.74 Å². The predicted molar refractivity (Wildman–Crippen MR) is 131 cm³/mol. The van der Waals surface area contributed by atoms with Gasteiger partial charge in [0.1, 0.15) is 5.82 Å². The zero-order chi connectivity index (χ0) is 24.5. The minimum atomic E-state index is -0.786. The Hall–Kier alpha value is -4.11. The number of rotatable bonds is 5. The summed E-state index contributed by atoms with van der Waals surface area (Å²) >= 11 is 1.22. The summed E-state index contributed by atoms with van der Waals surface area (Å²) in [6, 6.07) is 14.7. The van der Waals surface area contributed by atoms with E-state index in [1.807, 2.05) is 30.3 Å². The van der Waals surface area contributed by atoms with E-state index >= 15 is 0 Å². The molecule has 1 N–H and O–H groups in total. The third-order valence-electron chi connectivity index (χ3n) is 5.72. The number of aromatic amines is 1. The Labute approximate surface area is 203 Å². The topological polar surface area (TPSA) is 89.3 Å². The van der Waals surface area contributed by atoms with Crippen molar-refractivity contribution in [3.8, 4) is 11.3 Å². The maximum atomic E-state index is 13.7. The van der Waals surface area contributed by atoms with Crippen molar-refractivity contribution in [3.05, 3.63) is 109 Å². The van der Waals surface area contributed by atoms with E-state index in [1.165, 1.54) is 28.0 Å². The van der Waals surface area contributed by atoms with Crippen LogP contribution in [0.25, 0.3) is 17.3 Å². The third kappa shape index (κ3) is 4.15. The van der Waals surface area contributed by atoms with Crippen LogP contribution in [0.5, 0.6) is 0 Å². The molecule has 35 heavy (non-hydrogen) atoms. The number of nitrogens with one attached hydrogen (secondary N) is 1. The molecule has 176 valence electrons. The lowest BCUT2D eigenvalue weighted by molar-refractivity contribution is -0.139. The van der Waals surface area contributed by atoms with Crippen molar-refractivity contribution < 1.29 is 13.9 Å². The van der Waals surface area contributed by atoms with Crippen molar-refractivity contribution in [2.75, 3.05) is 6.61 Å². The second-order valence-corrected chi connectivity index (χ2v) is 8.93. The van der Waals surface area contributed by atoms with Crippen molar-refractivity contribution in [1.82, 2.24) is 14.8 Å². The Morgan fingerprint density at radius 3 is 2.66 bits per heavy atom. The van der Waals surface area contributed by atoms with Gasteiger partial charge in [0.2, 0.25) is 0 Å². The fraction of sp³-hybridized carbons (Fsp3) is 0.154. The molecule has 3 heterocycles. The van der Waals surface area contributed by atoms with Gasteiger partial charge in [-0.3, -0.25) is 14.5 Å².